The van der Waals surface area contributed by atoms with Crippen molar-refractivity contribution >= 4 is 0 Å². The number of hydrogen-bond acceptors (Lipinski definition) is 2. The molecule has 0 aliphatic carbocycles. The van der Waals surface area contributed by atoms with Gasteiger partial charge >= 0.3 is 20.4 Å². The average molecular weight is 398 g/mol. The maximum atomic E-state index is 6.33. The zero-order valence-corrected chi connectivity index (χ0v) is 14.3. The molecule has 0 amide bonds. The summed E-state index contributed by atoms with van der Waals surface area (Å²) < 4.78 is 0. The van der Waals surface area contributed by atoms with Gasteiger partial charge < -0.3 is 30.5 Å². The normalized spacial score (nSPS) is 9.37. The fraction of sp³-hybridized carbons (Fsp3) is 0.429. The Bertz CT molecular complexity index is 238. The Kier molecular flexibility index (Phi) is 23.4. The van der Waals surface area contributed by atoms with Crippen molar-refractivity contribution in [3.05, 3.63) is 50.6 Å². The van der Waals surface area contributed by atoms with E-state index >= 15 is 0 Å². The van der Waals surface area contributed by atoms with Gasteiger partial charge in [-0.15, -0.1) is 26.3 Å². The fourth-order valence-electron chi connectivity index (χ4n) is 1.80. The minimum absolute atomic E-state index is 0. The van der Waals surface area contributed by atoms with Gasteiger partial charge in [0.2, 0.25) is 0 Å². The smallest absolute Gasteiger partial charge is 1.00 e. The van der Waals surface area contributed by atoms with Crippen LogP contribution in [0, 0.1) is 0 Å². The van der Waals surface area contributed by atoms with E-state index in [-0.39, 0.29) is 50.8 Å². The first-order chi connectivity index (χ1) is 7.61. The summed E-state index contributed by atoms with van der Waals surface area (Å²) in [5.41, 5.74) is 6.05. The minimum Gasteiger partial charge on any atom is -1.00 e. The molecule has 0 saturated carbocycles. The molecular formula is C14H24Cl2N2Pd. The van der Waals surface area contributed by atoms with Crippen LogP contribution < -0.4 is 30.5 Å². The van der Waals surface area contributed by atoms with Crippen LogP contribution >= 0.6 is 0 Å². The Balaban J connectivity index is -0.000000375. The van der Waals surface area contributed by atoms with E-state index in [2.05, 4.69) is 31.2 Å². The molecule has 0 aliphatic rings. The second kappa shape index (κ2) is 16.2. The zero-order chi connectivity index (χ0) is 12.4. The van der Waals surface area contributed by atoms with Crippen LogP contribution in [0.3, 0.4) is 0 Å². The Morgan fingerprint density at radius 2 is 1.21 bits per heavy atom. The molecule has 0 atom stereocenters. The predicted octanol–water partition coefficient (Wildman–Crippen LogP) is -3.48. The first-order valence-corrected chi connectivity index (χ1v) is 5.56. The zero-order valence-electron chi connectivity index (χ0n) is 11.3. The second-order valence-electron chi connectivity index (χ2n) is 4.12. The molecule has 0 aromatic rings. The molecule has 0 bridgehead atoms. The quantitative estimate of drug-likeness (QED) is 0.306. The van der Waals surface area contributed by atoms with Crippen LogP contribution in [0.1, 0.15) is 12.8 Å². The van der Waals surface area contributed by atoms with E-state index in [0.29, 0.717) is 0 Å². The third-order valence-electron chi connectivity index (χ3n) is 2.41. The van der Waals surface area contributed by atoms with Gasteiger partial charge in [-0.25, -0.2) is 0 Å². The summed E-state index contributed by atoms with van der Waals surface area (Å²) in [5, 5.41) is 0. The van der Waals surface area contributed by atoms with Crippen molar-refractivity contribution in [1.82, 2.24) is 4.90 Å². The molecule has 0 fully saturated rings. The Morgan fingerprint density at radius 1 is 0.842 bits per heavy atom. The summed E-state index contributed by atoms with van der Waals surface area (Å²) in [6.45, 7) is 17.4. The third kappa shape index (κ3) is 12.9. The van der Waals surface area contributed by atoms with E-state index in [1.807, 2.05) is 24.3 Å². The standard InChI is InChI=1S/C14H24N2.2ClH.Pd/c1-5-9-14(15,10-6-2)13-16(11-7-3)12-8-4;;;/h5-8H,1-4,9-13,15H2;2*1H;/q;;;+2/p-2. The molecule has 0 rings (SSSR count). The van der Waals surface area contributed by atoms with Gasteiger partial charge in [-0.1, -0.05) is 24.3 Å². The van der Waals surface area contributed by atoms with E-state index in [4.69, 9.17) is 5.73 Å². The van der Waals surface area contributed by atoms with Gasteiger partial charge in [0.25, 0.3) is 0 Å². The maximum Gasteiger partial charge on any atom is 2.00 e. The average Bonchev–Trinajstić information content (AvgIpc) is 2.18. The molecule has 5 heteroatoms. The number of nitrogens with two attached hydrogens (primary N) is 1. The molecule has 2 N–H and O–H groups in total. The molecule has 2 nitrogen and oxygen atoms in total. The monoisotopic (exact) mass is 396 g/mol. The van der Waals surface area contributed by atoms with Crippen LogP contribution in [0.2, 0.25) is 0 Å². The Morgan fingerprint density at radius 3 is 1.47 bits per heavy atom. The topological polar surface area (TPSA) is 29.3 Å². The van der Waals surface area contributed by atoms with Gasteiger partial charge in [0.15, 0.2) is 0 Å². The minimum atomic E-state index is -0.282. The van der Waals surface area contributed by atoms with Gasteiger partial charge in [-0.2, -0.15) is 0 Å². The molecule has 0 aromatic heterocycles. The van der Waals surface area contributed by atoms with Crippen LogP contribution in [0.4, 0.5) is 0 Å². The van der Waals surface area contributed by atoms with Crippen LogP contribution in [-0.4, -0.2) is 30.1 Å². The van der Waals surface area contributed by atoms with Crippen molar-refractivity contribution in [1.29, 1.82) is 0 Å². The van der Waals surface area contributed by atoms with Gasteiger partial charge in [0, 0.05) is 25.2 Å². The summed E-state index contributed by atoms with van der Waals surface area (Å²) in [5.74, 6) is 0. The van der Waals surface area contributed by atoms with Gasteiger partial charge in [-0.3, -0.25) is 4.90 Å². The first kappa shape index (κ1) is 27.5. The summed E-state index contributed by atoms with van der Waals surface area (Å²) in [6, 6.07) is 0. The maximum absolute atomic E-state index is 6.33. The summed E-state index contributed by atoms with van der Waals surface area (Å²) in [4.78, 5) is 2.22. The summed E-state index contributed by atoms with van der Waals surface area (Å²) in [6.07, 6.45) is 9.05. The molecular weight excluding hydrogens is 373 g/mol. The van der Waals surface area contributed by atoms with Crippen molar-refractivity contribution in [2.24, 2.45) is 5.73 Å². The van der Waals surface area contributed by atoms with E-state index < -0.39 is 0 Å². The van der Waals surface area contributed by atoms with Gasteiger partial charge in [0.1, 0.15) is 0 Å². The first-order valence-electron chi connectivity index (χ1n) is 5.56. The number of halogens is 2. The largest absolute Gasteiger partial charge is 2.00 e. The molecule has 0 radical (unpaired) electrons. The SMILES string of the molecule is C=CCN(CC=C)CC(N)(CC=C)CC=C.[Cl-].[Cl-].[Pd+2]. The van der Waals surface area contributed by atoms with Crippen LogP contribution in [0.15, 0.2) is 50.6 Å². The molecule has 0 aliphatic heterocycles. The van der Waals surface area contributed by atoms with Crippen molar-refractivity contribution < 1.29 is 45.2 Å². The Hall–Kier alpha value is 0.122. The predicted molar refractivity (Wildman–Crippen MR) is 73.4 cm³/mol. The van der Waals surface area contributed by atoms with Crippen LogP contribution in [0.25, 0.3) is 0 Å². The van der Waals surface area contributed by atoms with Crippen molar-refractivity contribution in [3.63, 3.8) is 0 Å². The second-order valence-corrected chi connectivity index (χ2v) is 4.12. The van der Waals surface area contributed by atoms with E-state index in [9.17, 15) is 0 Å². The van der Waals surface area contributed by atoms with Crippen LogP contribution in [0.5, 0.6) is 0 Å². The van der Waals surface area contributed by atoms with E-state index in [1.165, 1.54) is 0 Å². The molecule has 0 saturated heterocycles. The van der Waals surface area contributed by atoms with Crippen molar-refractivity contribution in [2.75, 3.05) is 19.6 Å². The molecule has 0 aromatic carbocycles. The van der Waals surface area contributed by atoms with Crippen LogP contribution in [-0.2, 0) is 20.4 Å². The molecule has 0 heterocycles. The fourth-order valence-corrected chi connectivity index (χ4v) is 1.80. The van der Waals surface area contributed by atoms with Gasteiger partial charge in [-0.05, 0) is 12.8 Å². The van der Waals surface area contributed by atoms with Crippen molar-refractivity contribution in [3.8, 4) is 0 Å². The molecule has 0 spiro atoms. The third-order valence-corrected chi connectivity index (χ3v) is 2.41. The number of rotatable bonds is 10. The van der Waals surface area contributed by atoms with Gasteiger partial charge in [0.05, 0.1) is 0 Å². The molecule has 19 heavy (non-hydrogen) atoms. The van der Waals surface area contributed by atoms with E-state index in [0.717, 1.165) is 32.5 Å². The molecule has 114 valence electrons. The number of hydrogen-bond donors (Lipinski definition) is 1. The molecule has 0 unspecified atom stereocenters. The van der Waals surface area contributed by atoms with Crippen molar-refractivity contribution in [2.45, 2.75) is 18.4 Å². The summed E-state index contributed by atoms with van der Waals surface area (Å²) >= 11 is 0. The van der Waals surface area contributed by atoms with E-state index in [1.54, 1.807) is 0 Å². The summed E-state index contributed by atoms with van der Waals surface area (Å²) in [7, 11) is 0. The number of nitrogens with zero attached hydrogens (tertiary/aromatic N) is 1. The Labute approximate surface area is 144 Å².